The van der Waals surface area contributed by atoms with Crippen molar-refractivity contribution in [2.45, 2.75) is 26.2 Å². The van der Waals surface area contributed by atoms with Gasteiger partial charge >= 0.3 is 0 Å². The SMILES string of the molecule is COc1ccc(C(C)O)c(OCc2ccc(CO)cc2)c1. The van der Waals surface area contributed by atoms with Crippen molar-refractivity contribution >= 4 is 0 Å². The Labute approximate surface area is 124 Å². The molecule has 0 aliphatic rings. The Morgan fingerprint density at radius 3 is 2.29 bits per heavy atom. The summed E-state index contributed by atoms with van der Waals surface area (Å²) in [5.74, 6) is 1.29. The van der Waals surface area contributed by atoms with Gasteiger partial charge in [-0.1, -0.05) is 24.3 Å². The molecule has 0 aliphatic carbocycles. The average molecular weight is 288 g/mol. The zero-order valence-corrected chi connectivity index (χ0v) is 12.2. The van der Waals surface area contributed by atoms with Crippen LogP contribution in [0, 0.1) is 0 Å². The second-order valence-electron chi connectivity index (χ2n) is 4.84. The van der Waals surface area contributed by atoms with Gasteiger partial charge in [0.2, 0.25) is 0 Å². The first-order chi connectivity index (χ1) is 10.1. The standard InChI is InChI=1S/C17H20O4/c1-12(19)16-8-7-15(20-2)9-17(16)21-11-14-5-3-13(10-18)4-6-14/h3-9,12,18-19H,10-11H2,1-2H3. The third-order valence-electron chi connectivity index (χ3n) is 3.27. The minimum Gasteiger partial charge on any atom is -0.497 e. The summed E-state index contributed by atoms with van der Waals surface area (Å²) in [6.45, 7) is 2.12. The summed E-state index contributed by atoms with van der Waals surface area (Å²) >= 11 is 0. The molecule has 0 radical (unpaired) electrons. The molecular weight excluding hydrogens is 268 g/mol. The molecule has 2 N–H and O–H groups in total. The smallest absolute Gasteiger partial charge is 0.129 e. The number of rotatable bonds is 6. The molecule has 0 fully saturated rings. The van der Waals surface area contributed by atoms with Gasteiger partial charge in [0.1, 0.15) is 18.1 Å². The first-order valence-electron chi connectivity index (χ1n) is 6.81. The molecule has 2 aromatic rings. The first kappa shape index (κ1) is 15.4. The number of hydrogen-bond donors (Lipinski definition) is 2. The van der Waals surface area contributed by atoms with Crippen molar-refractivity contribution in [3.8, 4) is 11.5 Å². The van der Waals surface area contributed by atoms with Gasteiger partial charge in [-0.2, -0.15) is 0 Å². The van der Waals surface area contributed by atoms with E-state index in [0.29, 0.717) is 18.1 Å². The first-order valence-corrected chi connectivity index (χ1v) is 6.81. The number of hydrogen-bond acceptors (Lipinski definition) is 4. The van der Waals surface area contributed by atoms with E-state index in [2.05, 4.69) is 0 Å². The second kappa shape index (κ2) is 7.11. The molecule has 4 nitrogen and oxygen atoms in total. The van der Waals surface area contributed by atoms with E-state index in [-0.39, 0.29) is 6.61 Å². The maximum Gasteiger partial charge on any atom is 0.129 e. The van der Waals surface area contributed by atoms with E-state index < -0.39 is 6.10 Å². The van der Waals surface area contributed by atoms with E-state index in [1.165, 1.54) is 0 Å². The Balaban J connectivity index is 2.13. The summed E-state index contributed by atoms with van der Waals surface area (Å²) in [7, 11) is 1.59. The van der Waals surface area contributed by atoms with Crippen molar-refractivity contribution in [2.75, 3.05) is 7.11 Å². The van der Waals surface area contributed by atoms with E-state index in [0.717, 1.165) is 16.7 Å². The van der Waals surface area contributed by atoms with Crippen LogP contribution in [0.25, 0.3) is 0 Å². The van der Waals surface area contributed by atoms with E-state index in [1.54, 1.807) is 32.2 Å². The van der Waals surface area contributed by atoms with E-state index >= 15 is 0 Å². The predicted octanol–water partition coefficient (Wildman–Crippen LogP) is 2.82. The minimum absolute atomic E-state index is 0.0309. The van der Waals surface area contributed by atoms with Gasteiger partial charge in [0.05, 0.1) is 19.8 Å². The van der Waals surface area contributed by atoms with E-state index in [4.69, 9.17) is 14.6 Å². The van der Waals surface area contributed by atoms with Crippen molar-refractivity contribution < 1.29 is 19.7 Å². The highest BCUT2D eigenvalue weighted by atomic mass is 16.5. The lowest BCUT2D eigenvalue weighted by Crippen LogP contribution is -2.01. The zero-order valence-electron chi connectivity index (χ0n) is 12.2. The highest BCUT2D eigenvalue weighted by Gasteiger charge is 2.11. The Morgan fingerprint density at radius 1 is 1.05 bits per heavy atom. The molecule has 2 rings (SSSR count). The van der Waals surface area contributed by atoms with Crippen LogP contribution in [-0.4, -0.2) is 17.3 Å². The van der Waals surface area contributed by atoms with Crippen LogP contribution in [-0.2, 0) is 13.2 Å². The fourth-order valence-electron chi connectivity index (χ4n) is 2.01. The van der Waals surface area contributed by atoms with Gasteiger partial charge in [-0.05, 0) is 30.2 Å². The summed E-state index contributed by atoms with van der Waals surface area (Å²) in [6, 6.07) is 12.9. The molecule has 0 spiro atoms. The number of methoxy groups -OCH3 is 1. The summed E-state index contributed by atoms with van der Waals surface area (Å²) in [5.41, 5.74) is 2.58. The number of ether oxygens (including phenoxy) is 2. The lowest BCUT2D eigenvalue weighted by Gasteiger charge is -2.15. The van der Waals surface area contributed by atoms with Crippen LogP contribution >= 0.6 is 0 Å². The normalized spacial score (nSPS) is 12.0. The maximum absolute atomic E-state index is 9.79. The number of aliphatic hydroxyl groups excluding tert-OH is 2. The third kappa shape index (κ3) is 3.97. The molecule has 0 aliphatic heterocycles. The van der Waals surface area contributed by atoms with Crippen molar-refractivity contribution in [3.05, 3.63) is 59.2 Å². The molecule has 0 heterocycles. The van der Waals surface area contributed by atoms with Gasteiger partial charge in [0.15, 0.2) is 0 Å². The van der Waals surface area contributed by atoms with Gasteiger partial charge in [-0.3, -0.25) is 0 Å². The Bertz CT molecular complexity index is 576. The average Bonchev–Trinajstić information content (AvgIpc) is 2.52. The van der Waals surface area contributed by atoms with Crippen molar-refractivity contribution in [1.29, 1.82) is 0 Å². The number of aliphatic hydroxyl groups is 2. The second-order valence-corrected chi connectivity index (χ2v) is 4.84. The largest absolute Gasteiger partial charge is 0.497 e. The molecule has 0 saturated heterocycles. The van der Waals surface area contributed by atoms with Crippen LogP contribution in [0.15, 0.2) is 42.5 Å². The molecule has 1 atom stereocenters. The van der Waals surface area contributed by atoms with Crippen LogP contribution in [0.5, 0.6) is 11.5 Å². The molecule has 0 amide bonds. The molecule has 0 saturated carbocycles. The lowest BCUT2D eigenvalue weighted by molar-refractivity contribution is 0.190. The third-order valence-corrected chi connectivity index (χ3v) is 3.27. The molecule has 1 unspecified atom stereocenters. The Kier molecular flexibility index (Phi) is 5.20. The topological polar surface area (TPSA) is 58.9 Å². The highest BCUT2D eigenvalue weighted by molar-refractivity contribution is 5.42. The summed E-state index contributed by atoms with van der Waals surface area (Å²) in [4.78, 5) is 0. The van der Waals surface area contributed by atoms with Crippen molar-refractivity contribution in [3.63, 3.8) is 0 Å². The monoisotopic (exact) mass is 288 g/mol. The van der Waals surface area contributed by atoms with Gasteiger partial charge < -0.3 is 19.7 Å². The summed E-state index contributed by atoms with van der Waals surface area (Å²) < 4.78 is 11.0. The van der Waals surface area contributed by atoms with Crippen LogP contribution in [0.4, 0.5) is 0 Å². The molecular formula is C17H20O4. The van der Waals surface area contributed by atoms with E-state index in [9.17, 15) is 5.11 Å². The highest BCUT2D eigenvalue weighted by Crippen LogP contribution is 2.30. The quantitative estimate of drug-likeness (QED) is 0.858. The molecule has 4 heteroatoms. The molecule has 0 aromatic heterocycles. The van der Waals surface area contributed by atoms with Gasteiger partial charge in [0, 0.05) is 11.6 Å². The fourth-order valence-corrected chi connectivity index (χ4v) is 2.01. The molecule has 2 aromatic carbocycles. The fraction of sp³-hybridized carbons (Fsp3) is 0.294. The van der Waals surface area contributed by atoms with E-state index in [1.807, 2.05) is 24.3 Å². The van der Waals surface area contributed by atoms with Crippen LogP contribution < -0.4 is 9.47 Å². The zero-order chi connectivity index (χ0) is 15.2. The van der Waals surface area contributed by atoms with Gasteiger partial charge in [-0.15, -0.1) is 0 Å². The molecule has 21 heavy (non-hydrogen) atoms. The lowest BCUT2D eigenvalue weighted by atomic mass is 10.1. The van der Waals surface area contributed by atoms with Crippen LogP contribution in [0.2, 0.25) is 0 Å². The maximum atomic E-state index is 9.79. The minimum atomic E-state index is -0.609. The van der Waals surface area contributed by atoms with Crippen molar-refractivity contribution in [2.24, 2.45) is 0 Å². The summed E-state index contributed by atoms with van der Waals surface area (Å²) in [5, 5.41) is 18.8. The van der Waals surface area contributed by atoms with Gasteiger partial charge in [-0.25, -0.2) is 0 Å². The number of benzene rings is 2. The Hall–Kier alpha value is -2.04. The molecule has 112 valence electrons. The Morgan fingerprint density at radius 2 is 1.71 bits per heavy atom. The van der Waals surface area contributed by atoms with Crippen LogP contribution in [0.3, 0.4) is 0 Å². The van der Waals surface area contributed by atoms with Crippen LogP contribution in [0.1, 0.15) is 29.7 Å². The molecule has 0 bridgehead atoms. The summed E-state index contributed by atoms with van der Waals surface area (Å²) in [6.07, 6.45) is -0.609. The predicted molar refractivity (Wildman–Crippen MR) is 80.3 cm³/mol. The van der Waals surface area contributed by atoms with Crippen molar-refractivity contribution in [1.82, 2.24) is 0 Å². The van der Waals surface area contributed by atoms with Gasteiger partial charge in [0.25, 0.3) is 0 Å².